The molecule has 1 unspecified atom stereocenters. The fourth-order valence-corrected chi connectivity index (χ4v) is 2.03. The van der Waals surface area contributed by atoms with Crippen molar-refractivity contribution in [2.45, 2.75) is 44.6 Å². The molecule has 1 fully saturated rings. The fourth-order valence-electron chi connectivity index (χ4n) is 1.36. The van der Waals surface area contributed by atoms with Gasteiger partial charge in [-0.05, 0) is 25.7 Å². The zero-order valence-electron chi connectivity index (χ0n) is 8.94. The molecule has 1 aromatic rings. The minimum absolute atomic E-state index is 0.201. The van der Waals surface area contributed by atoms with Gasteiger partial charge in [0.1, 0.15) is 5.82 Å². The lowest BCUT2D eigenvalue weighted by Crippen LogP contribution is -2.12. The molecule has 84 valence electrons. The molecule has 1 atom stereocenters. The van der Waals surface area contributed by atoms with Gasteiger partial charge in [0.05, 0.1) is 6.10 Å². The molecule has 0 aliphatic heterocycles. The van der Waals surface area contributed by atoms with Crippen LogP contribution >= 0.6 is 11.5 Å². The monoisotopic (exact) mass is 227 g/mol. The van der Waals surface area contributed by atoms with E-state index in [1.165, 1.54) is 24.4 Å². The zero-order chi connectivity index (χ0) is 10.7. The van der Waals surface area contributed by atoms with Gasteiger partial charge in [0, 0.05) is 24.0 Å². The van der Waals surface area contributed by atoms with Crippen LogP contribution in [0.15, 0.2) is 0 Å². The maximum absolute atomic E-state index is 9.37. The first-order valence-electron chi connectivity index (χ1n) is 5.55. The topological polar surface area (TPSA) is 58.0 Å². The number of hydrogen-bond acceptors (Lipinski definition) is 5. The number of hydrogen-bond donors (Lipinski definition) is 2. The Kier molecular flexibility index (Phi) is 3.53. The third-order valence-corrected chi connectivity index (χ3v) is 3.30. The quantitative estimate of drug-likeness (QED) is 0.780. The summed E-state index contributed by atoms with van der Waals surface area (Å²) in [6.45, 7) is 2.76. The maximum atomic E-state index is 9.37. The lowest BCUT2D eigenvalue weighted by molar-refractivity contribution is 0.164. The number of aromatic nitrogens is 2. The molecule has 0 amide bonds. The van der Waals surface area contributed by atoms with Gasteiger partial charge in [0.2, 0.25) is 5.13 Å². The lowest BCUT2D eigenvalue weighted by Gasteiger charge is -2.06. The molecule has 1 aromatic heterocycles. The van der Waals surface area contributed by atoms with Gasteiger partial charge in [-0.2, -0.15) is 4.37 Å². The largest absolute Gasteiger partial charge is 0.393 e. The van der Waals surface area contributed by atoms with Gasteiger partial charge in [-0.25, -0.2) is 4.98 Å². The van der Waals surface area contributed by atoms with Crippen LogP contribution in [0.1, 0.15) is 44.3 Å². The van der Waals surface area contributed by atoms with Gasteiger partial charge in [-0.1, -0.05) is 6.92 Å². The number of nitrogens with one attached hydrogen (secondary N) is 1. The highest BCUT2D eigenvalue weighted by atomic mass is 32.1. The summed E-state index contributed by atoms with van der Waals surface area (Å²) < 4.78 is 4.30. The predicted octanol–water partition coefficient (Wildman–Crippen LogP) is 1.99. The second-order valence-electron chi connectivity index (χ2n) is 4.01. The second kappa shape index (κ2) is 4.90. The van der Waals surface area contributed by atoms with Crippen molar-refractivity contribution in [3.63, 3.8) is 0 Å². The van der Waals surface area contributed by atoms with E-state index in [9.17, 15) is 5.11 Å². The van der Waals surface area contributed by atoms with Crippen molar-refractivity contribution in [2.75, 3.05) is 11.9 Å². The van der Waals surface area contributed by atoms with Crippen molar-refractivity contribution in [3.05, 3.63) is 5.82 Å². The van der Waals surface area contributed by atoms with Gasteiger partial charge >= 0.3 is 0 Å². The van der Waals surface area contributed by atoms with Gasteiger partial charge in [0.15, 0.2) is 0 Å². The van der Waals surface area contributed by atoms with E-state index in [0.29, 0.717) is 5.92 Å². The number of aliphatic hydroxyl groups is 1. The molecule has 0 saturated heterocycles. The van der Waals surface area contributed by atoms with E-state index < -0.39 is 0 Å². The van der Waals surface area contributed by atoms with Crippen LogP contribution in [-0.2, 0) is 0 Å². The summed E-state index contributed by atoms with van der Waals surface area (Å²) in [7, 11) is 0. The van der Waals surface area contributed by atoms with Gasteiger partial charge in [-0.15, -0.1) is 0 Å². The molecule has 1 aliphatic rings. The van der Waals surface area contributed by atoms with Gasteiger partial charge in [0.25, 0.3) is 0 Å². The second-order valence-corrected chi connectivity index (χ2v) is 4.76. The van der Waals surface area contributed by atoms with E-state index >= 15 is 0 Å². The molecule has 1 heterocycles. The van der Waals surface area contributed by atoms with Crippen LogP contribution in [0.3, 0.4) is 0 Å². The molecule has 2 N–H and O–H groups in total. The van der Waals surface area contributed by atoms with Crippen molar-refractivity contribution < 1.29 is 5.11 Å². The van der Waals surface area contributed by atoms with Crippen LogP contribution in [0.4, 0.5) is 5.13 Å². The number of nitrogens with zero attached hydrogens (tertiary/aromatic N) is 2. The van der Waals surface area contributed by atoms with Crippen molar-refractivity contribution in [3.8, 4) is 0 Å². The van der Waals surface area contributed by atoms with Crippen molar-refractivity contribution in [1.82, 2.24) is 9.36 Å². The first-order chi connectivity index (χ1) is 7.29. The van der Waals surface area contributed by atoms with Crippen LogP contribution in [-0.4, -0.2) is 27.1 Å². The average molecular weight is 227 g/mol. The molecule has 0 aromatic carbocycles. The van der Waals surface area contributed by atoms with Crippen molar-refractivity contribution in [1.29, 1.82) is 0 Å². The normalized spacial score (nSPS) is 17.7. The molecule has 0 bridgehead atoms. The van der Waals surface area contributed by atoms with Gasteiger partial charge in [-0.3, -0.25) is 0 Å². The molecule has 2 rings (SSSR count). The third kappa shape index (κ3) is 3.14. The summed E-state index contributed by atoms with van der Waals surface area (Å²) in [4.78, 5) is 4.41. The summed E-state index contributed by atoms with van der Waals surface area (Å²) in [6.07, 6.45) is 3.86. The SMILES string of the molecule is CCC(O)CCNc1nc(C2CC2)ns1. The summed E-state index contributed by atoms with van der Waals surface area (Å²) in [5.74, 6) is 1.62. The maximum Gasteiger partial charge on any atom is 0.202 e. The smallest absolute Gasteiger partial charge is 0.202 e. The van der Waals surface area contributed by atoms with Crippen molar-refractivity contribution >= 4 is 16.7 Å². The van der Waals surface area contributed by atoms with Crippen molar-refractivity contribution in [2.24, 2.45) is 0 Å². The molecular formula is C10H17N3OS. The Labute approximate surface area is 93.9 Å². The zero-order valence-corrected chi connectivity index (χ0v) is 9.76. The predicted molar refractivity (Wildman–Crippen MR) is 61.3 cm³/mol. The first-order valence-corrected chi connectivity index (χ1v) is 6.32. The highest BCUT2D eigenvalue weighted by molar-refractivity contribution is 7.09. The van der Waals surface area contributed by atoms with E-state index in [-0.39, 0.29) is 6.10 Å². The number of rotatable bonds is 6. The minimum atomic E-state index is -0.201. The Morgan fingerprint density at radius 3 is 3.07 bits per heavy atom. The van der Waals surface area contributed by atoms with Crippen LogP contribution < -0.4 is 5.32 Å². The van der Waals surface area contributed by atoms with E-state index in [1.54, 1.807) is 0 Å². The molecule has 0 spiro atoms. The molecule has 15 heavy (non-hydrogen) atoms. The van der Waals surface area contributed by atoms with E-state index in [2.05, 4.69) is 14.7 Å². The molecule has 1 aliphatic carbocycles. The van der Waals surface area contributed by atoms with E-state index in [4.69, 9.17) is 0 Å². The summed E-state index contributed by atoms with van der Waals surface area (Å²) >= 11 is 1.42. The highest BCUT2D eigenvalue weighted by Crippen LogP contribution is 2.39. The average Bonchev–Trinajstić information content (AvgIpc) is 2.99. The number of aliphatic hydroxyl groups excluding tert-OH is 1. The van der Waals surface area contributed by atoms with Crippen LogP contribution in [0, 0.1) is 0 Å². The lowest BCUT2D eigenvalue weighted by atomic mass is 10.2. The van der Waals surface area contributed by atoms with Crippen LogP contribution in [0.5, 0.6) is 0 Å². The molecule has 5 heteroatoms. The minimum Gasteiger partial charge on any atom is -0.393 e. The van der Waals surface area contributed by atoms with E-state index in [1.807, 2.05) is 6.92 Å². The molecular weight excluding hydrogens is 210 g/mol. The molecule has 0 radical (unpaired) electrons. The Morgan fingerprint density at radius 2 is 2.40 bits per heavy atom. The van der Waals surface area contributed by atoms with Gasteiger partial charge < -0.3 is 10.4 Å². The Bertz CT molecular complexity index is 311. The highest BCUT2D eigenvalue weighted by Gasteiger charge is 2.27. The molecule has 4 nitrogen and oxygen atoms in total. The van der Waals surface area contributed by atoms with Crippen LogP contribution in [0.25, 0.3) is 0 Å². The summed E-state index contributed by atoms with van der Waals surface area (Å²) in [6, 6.07) is 0. The fraction of sp³-hybridized carbons (Fsp3) is 0.800. The van der Waals surface area contributed by atoms with E-state index in [0.717, 1.165) is 30.3 Å². The summed E-state index contributed by atoms with van der Waals surface area (Å²) in [5.41, 5.74) is 0. The van der Waals surface area contributed by atoms with Crippen LogP contribution in [0.2, 0.25) is 0 Å². The Hall–Kier alpha value is -0.680. The third-order valence-electron chi connectivity index (χ3n) is 2.61. The Balaban J connectivity index is 1.73. The summed E-state index contributed by atoms with van der Waals surface area (Å²) in [5, 5.41) is 13.5. The standard InChI is InChI=1S/C10H17N3OS/c1-2-8(14)5-6-11-10-12-9(13-15-10)7-3-4-7/h7-8,14H,2-6H2,1H3,(H,11,12,13). The molecule has 1 saturated carbocycles. The Morgan fingerprint density at radius 1 is 1.60 bits per heavy atom. The number of anilines is 1. The first kappa shape index (κ1) is 10.8.